The topological polar surface area (TPSA) is 94.5 Å². The number of carbonyl (C=O) groups is 2. The van der Waals surface area contributed by atoms with Crippen LogP contribution >= 0.6 is 0 Å². The molecule has 2 N–H and O–H groups in total. The first-order valence-corrected chi connectivity index (χ1v) is 9.27. The molecule has 2 aromatic carbocycles. The van der Waals surface area contributed by atoms with Gasteiger partial charge in [0.1, 0.15) is 11.9 Å². The maximum atomic E-state index is 13.5. The summed E-state index contributed by atoms with van der Waals surface area (Å²) >= 11 is 0. The van der Waals surface area contributed by atoms with Crippen LogP contribution in [0.5, 0.6) is 11.5 Å². The lowest BCUT2D eigenvalue weighted by Crippen LogP contribution is -2.35. The summed E-state index contributed by atoms with van der Waals surface area (Å²) in [6.45, 7) is 0. The second-order valence-corrected chi connectivity index (χ2v) is 6.81. The van der Waals surface area contributed by atoms with E-state index in [1.165, 1.54) is 31.2 Å². The first-order valence-electron chi connectivity index (χ1n) is 9.27. The summed E-state index contributed by atoms with van der Waals surface area (Å²) in [6.07, 6.45) is 1.37. The third-order valence-electron chi connectivity index (χ3n) is 4.91. The van der Waals surface area contributed by atoms with E-state index in [4.69, 9.17) is 9.47 Å². The number of nitrogens with one attached hydrogen (secondary N) is 2. The molecule has 0 fully saturated rings. The summed E-state index contributed by atoms with van der Waals surface area (Å²) in [4.78, 5) is 25.1. The standard InChI is InChI=1S/C21H18F2N4O4/c1-30-17-6-3-11(7-18(17)31-2)13-10-24-27-16(9-19(28)26-20(13)27)21(29)25-12-4-5-14(22)15(23)8-12/h3-8,10,16H,9H2,1-2H3,(H,25,29)(H,26,28). The fourth-order valence-electron chi connectivity index (χ4n) is 3.39. The van der Waals surface area contributed by atoms with Gasteiger partial charge in [0.05, 0.1) is 26.8 Å². The molecule has 2 amide bonds. The lowest BCUT2D eigenvalue weighted by atomic mass is 10.1. The van der Waals surface area contributed by atoms with Crippen molar-refractivity contribution in [2.45, 2.75) is 12.5 Å². The van der Waals surface area contributed by atoms with E-state index in [-0.39, 0.29) is 18.0 Å². The monoisotopic (exact) mass is 428 g/mol. The summed E-state index contributed by atoms with van der Waals surface area (Å²) in [7, 11) is 3.03. The molecule has 3 aromatic rings. The minimum absolute atomic E-state index is 0.0729. The number of benzene rings is 2. The molecule has 0 bridgehead atoms. The minimum atomic E-state index is -1.09. The summed E-state index contributed by atoms with van der Waals surface area (Å²) in [5, 5.41) is 9.52. The Morgan fingerprint density at radius 3 is 2.61 bits per heavy atom. The van der Waals surface area contributed by atoms with Crippen molar-refractivity contribution in [1.29, 1.82) is 0 Å². The molecular weight excluding hydrogens is 410 g/mol. The number of amides is 2. The zero-order valence-electron chi connectivity index (χ0n) is 16.6. The molecule has 1 aliphatic rings. The highest BCUT2D eigenvalue weighted by atomic mass is 19.2. The number of carbonyl (C=O) groups excluding carboxylic acids is 2. The number of aromatic nitrogens is 2. The molecule has 160 valence electrons. The Hall–Kier alpha value is -3.95. The summed E-state index contributed by atoms with van der Waals surface area (Å²) in [5.74, 6) is -1.69. The molecule has 1 atom stereocenters. The Morgan fingerprint density at radius 2 is 1.90 bits per heavy atom. The van der Waals surface area contributed by atoms with Crippen molar-refractivity contribution < 1.29 is 27.8 Å². The third-order valence-corrected chi connectivity index (χ3v) is 4.91. The minimum Gasteiger partial charge on any atom is -0.493 e. The lowest BCUT2D eigenvalue weighted by molar-refractivity contribution is -0.125. The summed E-state index contributed by atoms with van der Waals surface area (Å²) in [5.41, 5.74) is 1.35. The third kappa shape index (κ3) is 3.79. The molecule has 0 aliphatic carbocycles. The fourth-order valence-corrected chi connectivity index (χ4v) is 3.39. The predicted octanol–water partition coefficient (Wildman–Crippen LogP) is 3.37. The molecular formula is C21H18F2N4O4. The number of fused-ring (bicyclic) bond motifs is 1. The molecule has 0 saturated carbocycles. The smallest absolute Gasteiger partial charge is 0.249 e. The Balaban J connectivity index is 1.66. The number of halogens is 2. The van der Waals surface area contributed by atoms with Crippen LogP contribution in [0.25, 0.3) is 11.1 Å². The summed E-state index contributed by atoms with van der Waals surface area (Å²) in [6, 6.07) is 7.27. The van der Waals surface area contributed by atoms with Crippen LogP contribution < -0.4 is 20.1 Å². The lowest BCUT2D eigenvalue weighted by Gasteiger charge is -2.24. The predicted molar refractivity (Wildman–Crippen MR) is 108 cm³/mol. The Morgan fingerprint density at radius 1 is 1.13 bits per heavy atom. The zero-order valence-corrected chi connectivity index (χ0v) is 16.6. The van der Waals surface area contributed by atoms with Gasteiger partial charge in [0.2, 0.25) is 11.8 Å². The van der Waals surface area contributed by atoms with E-state index in [0.717, 1.165) is 12.1 Å². The van der Waals surface area contributed by atoms with E-state index < -0.39 is 23.6 Å². The van der Waals surface area contributed by atoms with Crippen molar-refractivity contribution in [2.75, 3.05) is 24.9 Å². The molecule has 10 heteroatoms. The van der Waals surface area contributed by atoms with E-state index in [2.05, 4.69) is 15.7 Å². The first-order chi connectivity index (χ1) is 14.9. The Kier molecular flexibility index (Phi) is 5.28. The highest BCUT2D eigenvalue weighted by Crippen LogP contribution is 2.38. The van der Waals surface area contributed by atoms with E-state index in [9.17, 15) is 18.4 Å². The molecule has 1 aliphatic heterocycles. The van der Waals surface area contributed by atoms with Gasteiger partial charge in [-0.3, -0.25) is 9.59 Å². The number of ether oxygens (including phenoxy) is 2. The van der Waals surface area contributed by atoms with Crippen molar-refractivity contribution in [3.8, 4) is 22.6 Å². The van der Waals surface area contributed by atoms with Crippen molar-refractivity contribution in [3.05, 3.63) is 54.2 Å². The number of hydrogen-bond acceptors (Lipinski definition) is 5. The van der Waals surface area contributed by atoms with Gasteiger partial charge in [0.25, 0.3) is 0 Å². The molecule has 0 saturated heterocycles. The van der Waals surface area contributed by atoms with E-state index in [1.54, 1.807) is 18.2 Å². The van der Waals surface area contributed by atoms with E-state index in [0.29, 0.717) is 28.4 Å². The zero-order chi connectivity index (χ0) is 22.1. The van der Waals surface area contributed by atoms with Crippen LogP contribution in [0, 0.1) is 11.6 Å². The van der Waals surface area contributed by atoms with Crippen LogP contribution in [-0.2, 0) is 9.59 Å². The molecule has 31 heavy (non-hydrogen) atoms. The molecule has 4 rings (SSSR count). The molecule has 8 nitrogen and oxygen atoms in total. The normalized spacial score (nSPS) is 15.1. The highest BCUT2D eigenvalue weighted by molar-refractivity contribution is 6.03. The van der Waals surface area contributed by atoms with Crippen LogP contribution in [0.4, 0.5) is 20.3 Å². The van der Waals surface area contributed by atoms with Crippen LogP contribution in [0.1, 0.15) is 12.5 Å². The molecule has 1 unspecified atom stereocenters. The van der Waals surface area contributed by atoms with Crippen molar-refractivity contribution in [3.63, 3.8) is 0 Å². The maximum Gasteiger partial charge on any atom is 0.249 e. The quantitative estimate of drug-likeness (QED) is 0.650. The van der Waals surface area contributed by atoms with Gasteiger partial charge in [-0.1, -0.05) is 6.07 Å². The van der Waals surface area contributed by atoms with Gasteiger partial charge in [0, 0.05) is 17.3 Å². The molecule has 0 spiro atoms. The Labute approximate surface area is 175 Å². The number of methoxy groups -OCH3 is 2. The van der Waals surface area contributed by atoms with E-state index >= 15 is 0 Å². The van der Waals surface area contributed by atoms with Gasteiger partial charge in [-0.05, 0) is 29.8 Å². The SMILES string of the molecule is COc1ccc(-c2cnn3c2NC(=O)CC3C(=O)Nc2ccc(F)c(F)c2)cc1OC. The van der Waals surface area contributed by atoms with Gasteiger partial charge >= 0.3 is 0 Å². The second kappa shape index (κ2) is 8.05. The number of anilines is 2. The highest BCUT2D eigenvalue weighted by Gasteiger charge is 2.33. The summed E-state index contributed by atoms with van der Waals surface area (Å²) < 4.78 is 38.5. The second-order valence-electron chi connectivity index (χ2n) is 6.81. The van der Waals surface area contributed by atoms with Crippen molar-refractivity contribution in [2.24, 2.45) is 0 Å². The van der Waals surface area contributed by atoms with Gasteiger partial charge in [-0.2, -0.15) is 5.10 Å². The molecule has 1 aromatic heterocycles. The van der Waals surface area contributed by atoms with Crippen LogP contribution in [0.15, 0.2) is 42.6 Å². The van der Waals surface area contributed by atoms with Gasteiger partial charge < -0.3 is 20.1 Å². The van der Waals surface area contributed by atoms with Crippen LogP contribution in [-0.4, -0.2) is 35.8 Å². The average molecular weight is 428 g/mol. The first kappa shape index (κ1) is 20.3. The van der Waals surface area contributed by atoms with Crippen LogP contribution in [0.3, 0.4) is 0 Å². The Bertz CT molecular complexity index is 1180. The molecule has 2 heterocycles. The number of hydrogen-bond donors (Lipinski definition) is 2. The number of rotatable bonds is 5. The number of nitrogens with zero attached hydrogens (tertiary/aromatic N) is 2. The van der Waals surface area contributed by atoms with E-state index in [1.807, 2.05) is 0 Å². The molecule has 0 radical (unpaired) electrons. The largest absolute Gasteiger partial charge is 0.493 e. The van der Waals surface area contributed by atoms with Gasteiger partial charge in [-0.15, -0.1) is 0 Å². The fraction of sp³-hybridized carbons (Fsp3) is 0.190. The average Bonchev–Trinajstić information content (AvgIpc) is 3.18. The maximum absolute atomic E-state index is 13.5. The van der Waals surface area contributed by atoms with Gasteiger partial charge in [0.15, 0.2) is 23.1 Å². The van der Waals surface area contributed by atoms with Crippen molar-refractivity contribution in [1.82, 2.24) is 9.78 Å². The van der Waals surface area contributed by atoms with Crippen molar-refractivity contribution >= 4 is 23.3 Å². The van der Waals surface area contributed by atoms with Gasteiger partial charge in [-0.25, -0.2) is 13.5 Å². The van der Waals surface area contributed by atoms with Crippen LogP contribution in [0.2, 0.25) is 0 Å².